The molecule has 2 N–H and O–H groups in total. The van der Waals surface area contributed by atoms with Gasteiger partial charge in [0.05, 0.1) is 13.1 Å². The maximum atomic E-state index is 4.60. The van der Waals surface area contributed by atoms with Gasteiger partial charge >= 0.3 is 0 Å². The van der Waals surface area contributed by atoms with E-state index in [4.69, 9.17) is 0 Å². The van der Waals surface area contributed by atoms with E-state index in [1.54, 1.807) is 22.7 Å². The highest BCUT2D eigenvalue weighted by molar-refractivity contribution is 9.10. The molecule has 0 saturated heterocycles. The summed E-state index contributed by atoms with van der Waals surface area (Å²) in [5, 5.41) is 9.76. The van der Waals surface area contributed by atoms with Crippen molar-refractivity contribution in [3.05, 3.63) is 36.9 Å². The van der Waals surface area contributed by atoms with Crippen LogP contribution in [0, 0.1) is 0 Å². The first-order valence-corrected chi connectivity index (χ1v) is 9.38. The molecule has 0 aliphatic carbocycles. The highest BCUT2D eigenvalue weighted by Crippen LogP contribution is 2.20. The Bertz CT molecular complexity index is 591. The van der Waals surface area contributed by atoms with Crippen LogP contribution >= 0.6 is 38.6 Å². The maximum absolute atomic E-state index is 4.60. The molecule has 0 saturated carbocycles. The van der Waals surface area contributed by atoms with Gasteiger partial charge in [-0.25, -0.2) is 9.98 Å². The minimum Gasteiger partial charge on any atom is -0.357 e. The van der Waals surface area contributed by atoms with Gasteiger partial charge < -0.3 is 10.6 Å². The fraction of sp³-hybridized carbons (Fsp3) is 0.429. The van der Waals surface area contributed by atoms with Gasteiger partial charge in [-0.1, -0.05) is 6.92 Å². The zero-order valence-corrected chi connectivity index (χ0v) is 15.4. The molecule has 114 valence electrons. The number of aromatic nitrogens is 1. The number of rotatable bonds is 6. The number of guanidine groups is 1. The third kappa shape index (κ3) is 5.41. The van der Waals surface area contributed by atoms with E-state index < -0.39 is 0 Å². The lowest BCUT2D eigenvalue weighted by atomic mass is 10.4. The van der Waals surface area contributed by atoms with Crippen molar-refractivity contribution in [3.63, 3.8) is 0 Å². The highest BCUT2D eigenvalue weighted by atomic mass is 79.9. The van der Waals surface area contributed by atoms with Crippen molar-refractivity contribution in [1.82, 2.24) is 15.6 Å². The molecule has 4 nitrogen and oxygen atoms in total. The van der Waals surface area contributed by atoms with Crippen molar-refractivity contribution < 1.29 is 0 Å². The molecule has 2 aromatic rings. The van der Waals surface area contributed by atoms with E-state index in [1.807, 2.05) is 6.20 Å². The molecule has 0 atom stereocenters. The Balaban J connectivity index is 1.91. The predicted molar refractivity (Wildman–Crippen MR) is 95.2 cm³/mol. The quantitative estimate of drug-likeness (QED) is 0.586. The molecule has 2 aromatic heterocycles. The Kier molecular flexibility index (Phi) is 6.66. The number of thiophene rings is 1. The second-order valence-electron chi connectivity index (χ2n) is 4.35. The Labute approximate surface area is 141 Å². The standard InChI is InChI=1S/C14H19BrN4S2/c1-3-11-6-17-13(21-11)8-19-14(16-4-2)18-7-12-5-10(15)9-20-12/h5-6,9H,3-4,7-8H2,1-2H3,(H2,16,18,19). The molecule has 0 bridgehead atoms. The number of aliphatic imine (C=N–C) groups is 1. The van der Waals surface area contributed by atoms with Crippen LogP contribution in [0.25, 0.3) is 0 Å². The number of nitrogens with zero attached hydrogens (tertiary/aromatic N) is 2. The molecule has 0 aromatic carbocycles. The van der Waals surface area contributed by atoms with Gasteiger partial charge in [-0.2, -0.15) is 0 Å². The number of halogens is 1. The summed E-state index contributed by atoms with van der Waals surface area (Å²) in [4.78, 5) is 11.6. The van der Waals surface area contributed by atoms with E-state index in [2.05, 4.69) is 61.8 Å². The lowest BCUT2D eigenvalue weighted by Crippen LogP contribution is -2.36. The van der Waals surface area contributed by atoms with E-state index in [-0.39, 0.29) is 0 Å². The molecule has 0 aliphatic rings. The highest BCUT2D eigenvalue weighted by Gasteiger charge is 2.03. The molecule has 0 aliphatic heterocycles. The summed E-state index contributed by atoms with van der Waals surface area (Å²) < 4.78 is 1.12. The number of nitrogens with one attached hydrogen (secondary N) is 2. The summed E-state index contributed by atoms with van der Waals surface area (Å²) in [5.41, 5.74) is 0. The van der Waals surface area contributed by atoms with Crippen molar-refractivity contribution in [2.24, 2.45) is 4.99 Å². The zero-order valence-electron chi connectivity index (χ0n) is 12.1. The minimum atomic E-state index is 0.684. The first-order valence-electron chi connectivity index (χ1n) is 6.90. The van der Waals surface area contributed by atoms with Crippen molar-refractivity contribution in [3.8, 4) is 0 Å². The van der Waals surface area contributed by atoms with E-state index in [1.165, 1.54) is 9.75 Å². The summed E-state index contributed by atoms with van der Waals surface area (Å²) in [6.07, 6.45) is 2.99. The van der Waals surface area contributed by atoms with E-state index in [0.717, 1.165) is 28.4 Å². The SMILES string of the molecule is CCNC(=NCc1cc(Br)cs1)NCc1ncc(CC)s1. The third-order valence-electron chi connectivity index (χ3n) is 2.72. The fourth-order valence-electron chi connectivity index (χ4n) is 1.69. The van der Waals surface area contributed by atoms with Gasteiger partial charge in [0, 0.05) is 32.3 Å². The number of thiazole rings is 1. The van der Waals surface area contributed by atoms with Gasteiger partial charge in [-0.3, -0.25) is 0 Å². The van der Waals surface area contributed by atoms with Gasteiger partial charge in [0.1, 0.15) is 5.01 Å². The van der Waals surface area contributed by atoms with Gasteiger partial charge in [-0.15, -0.1) is 22.7 Å². The Morgan fingerprint density at radius 2 is 2.19 bits per heavy atom. The molecule has 0 fully saturated rings. The van der Waals surface area contributed by atoms with E-state index >= 15 is 0 Å². The van der Waals surface area contributed by atoms with Crippen LogP contribution in [0.4, 0.5) is 0 Å². The van der Waals surface area contributed by atoms with Gasteiger partial charge in [0.15, 0.2) is 5.96 Å². The average molecular weight is 387 g/mol. The monoisotopic (exact) mass is 386 g/mol. The maximum Gasteiger partial charge on any atom is 0.191 e. The second-order valence-corrected chi connectivity index (χ2v) is 7.47. The van der Waals surface area contributed by atoms with Gasteiger partial charge in [0.2, 0.25) is 0 Å². The molecule has 0 unspecified atom stereocenters. The van der Waals surface area contributed by atoms with Crippen LogP contribution < -0.4 is 10.6 Å². The molecule has 0 amide bonds. The summed E-state index contributed by atoms with van der Waals surface area (Å²) in [5.74, 6) is 0.829. The fourth-order valence-corrected chi connectivity index (χ4v) is 3.86. The number of hydrogen-bond donors (Lipinski definition) is 2. The molecule has 0 spiro atoms. The van der Waals surface area contributed by atoms with Crippen LogP contribution in [0.3, 0.4) is 0 Å². The summed E-state index contributed by atoms with van der Waals surface area (Å²) >= 11 is 6.92. The first kappa shape index (κ1) is 16.5. The topological polar surface area (TPSA) is 49.3 Å². The summed E-state index contributed by atoms with van der Waals surface area (Å²) in [6, 6.07) is 2.10. The van der Waals surface area contributed by atoms with Crippen molar-refractivity contribution in [2.75, 3.05) is 6.54 Å². The summed E-state index contributed by atoms with van der Waals surface area (Å²) in [7, 11) is 0. The van der Waals surface area contributed by atoms with Crippen LogP contribution in [0.1, 0.15) is 28.6 Å². The second kappa shape index (κ2) is 8.51. The Morgan fingerprint density at radius 1 is 1.33 bits per heavy atom. The molecule has 2 heterocycles. The van der Waals surface area contributed by atoms with Crippen LogP contribution in [0.2, 0.25) is 0 Å². The Hall–Kier alpha value is -0.920. The average Bonchev–Trinajstić information content (AvgIpc) is 3.10. The molecular formula is C14H19BrN4S2. The van der Waals surface area contributed by atoms with Crippen LogP contribution in [0.15, 0.2) is 27.1 Å². The van der Waals surface area contributed by atoms with E-state index in [9.17, 15) is 0 Å². The van der Waals surface area contributed by atoms with Crippen LogP contribution in [0.5, 0.6) is 0 Å². The largest absolute Gasteiger partial charge is 0.357 e. The van der Waals surface area contributed by atoms with Crippen LogP contribution in [-0.2, 0) is 19.5 Å². The van der Waals surface area contributed by atoms with Gasteiger partial charge in [0.25, 0.3) is 0 Å². The summed E-state index contributed by atoms with van der Waals surface area (Å²) in [6.45, 7) is 6.46. The van der Waals surface area contributed by atoms with Crippen LogP contribution in [-0.4, -0.2) is 17.5 Å². The molecular weight excluding hydrogens is 368 g/mol. The minimum absolute atomic E-state index is 0.684. The molecule has 21 heavy (non-hydrogen) atoms. The first-order chi connectivity index (χ1) is 10.2. The van der Waals surface area contributed by atoms with E-state index in [0.29, 0.717) is 13.1 Å². The lowest BCUT2D eigenvalue weighted by molar-refractivity contribution is 0.813. The lowest BCUT2D eigenvalue weighted by Gasteiger charge is -2.09. The smallest absolute Gasteiger partial charge is 0.191 e. The third-order valence-corrected chi connectivity index (χ3v) is 5.54. The molecule has 0 radical (unpaired) electrons. The Morgan fingerprint density at radius 3 is 2.81 bits per heavy atom. The molecule has 7 heteroatoms. The van der Waals surface area contributed by atoms with Crippen molar-refractivity contribution >= 4 is 44.6 Å². The normalized spacial score (nSPS) is 11.7. The zero-order chi connectivity index (χ0) is 15.1. The van der Waals surface area contributed by atoms with Crippen molar-refractivity contribution in [1.29, 1.82) is 0 Å². The number of hydrogen-bond acceptors (Lipinski definition) is 4. The predicted octanol–water partition coefficient (Wildman–Crippen LogP) is 3.78. The number of aryl methyl sites for hydroxylation is 1. The van der Waals surface area contributed by atoms with Crippen molar-refractivity contribution in [2.45, 2.75) is 33.4 Å². The molecule has 2 rings (SSSR count). The van der Waals surface area contributed by atoms with Gasteiger partial charge in [-0.05, 0) is 35.3 Å².